The number of hydrogen-bond acceptors (Lipinski definition) is 1. The molecule has 0 atom stereocenters. The molecule has 0 amide bonds. The fourth-order valence-corrected chi connectivity index (χ4v) is 8.62. The molecule has 0 radical (unpaired) electrons. The second-order valence-electron chi connectivity index (χ2n) is 15.0. The number of anilines is 3. The Morgan fingerprint density at radius 1 is 0.259 bits per heavy atom. The van der Waals surface area contributed by atoms with Crippen LogP contribution in [0.25, 0.3) is 82.4 Å². The van der Waals surface area contributed by atoms with Gasteiger partial charge in [0.15, 0.2) is 0 Å². The molecule has 0 unspecified atom stereocenters. The van der Waals surface area contributed by atoms with Crippen molar-refractivity contribution in [3.63, 3.8) is 0 Å². The van der Waals surface area contributed by atoms with E-state index in [1.165, 1.54) is 76.7 Å². The Hall–Kier alpha value is -7.68. The van der Waals surface area contributed by atoms with E-state index in [4.69, 9.17) is 0 Å². The highest BCUT2D eigenvalue weighted by atomic mass is 15.1. The number of nitrogens with zero attached hydrogens (tertiary/aromatic N) is 2. The Morgan fingerprint density at radius 3 is 1.31 bits per heavy atom. The first-order valence-electron chi connectivity index (χ1n) is 19.9. The first-order chi connectivity index (χ1) is 28.7. The summed E-state index contributed by atoms with van der Waals surface area (Å²) in [6.45, 7) is 0. The van der Waals surface area contributed by atoms with Gasteiger partial charge in [0.2, 0.25) is 0 Å². The van der Waals surface area contributed by atoms with Crippen LogP contribution in [0.3, 0.4) is 0 Å². The van der Waals surface area contributed by atoms with Crippen LogP contribution in [-0.4, -0.2) is 4.57 Å². The maximum absolute atomic E-state index is 2.39. The topological polar surface area (TPSA) is 8.17 Å². The predicted octanol–water partition coefficient (Wildman–Crippen LogP) is 15.6. The van der Waals surface area contributed by atoms with Crippen LogP contribution in [0.5, 0.6) is 0 Å². The van der Waals surface area contributed by atoms with Crippen molar-refractivity contribution in [2.75, 3.05) is 4.90 Å². The highest BCUT2D eigenvalue weighted by Crippen LogP contribution is 2.41. The van der Waals surface area contributed by atoms with Crippen LogP contribution in [0, 0.1) is 0 Å². The van der Waals surface area contributed by atoms with Gasteiger partial charge in [-0.1, -0.05) is 158 Å². The molecule has 0 aliphatic carbocycles. The van der Waals surface area contributed by atoms with Gasteiger partial charge in [0, 0.05) is 33.5 Å². The first kappa shape index (κ1) is 33.6. The van der Waals surface area contributed by atoms with Gasteiger partial charge in [0.05, 0.1) is 11.0 Å². The third-order valence-electron chi connectivity index (χ3n) is 11.5. The van der Waals surface area contributed by atoms with Gasteiger partial charge >= 0.3 is 0 Å². The smallest absolute Gasteiger partial charge is 0.0561 e. The van der Waals surface area contributed by atoms with Crippen molar-refractivity contribution >= 4 is 60.4 Å². The van der Waals surface area contributed by atoms with Crippen molar-refractivity contribution in [2.24, 2.45) is 0 Å². The molecular weight excluding hydrogens is 701 g/mol. The zero-order valence-electron chi connectivity index (χ0n) is 31.8. The average molecular weight is 739 g/mol. The summed E-state index contributed by atoms with van der Waals surface area (Å²) in [5, 5.41) is 7.37. The standard InChI is InChI=1S/C56H38N2/c1-4-12-39(13-5-1)41-26-29-50(30-27-41)57(52-32-33-54-53-18-10-11-19-55(53)58(56(54)38-52)49-16-8-3-9-17-49)51-31-28-47-36-46(24-25-48(47)37-51)45-23-22-43-34-42(20-21-44(43)35-45)40-14-6-2-7-15-40/h1-38H. The number of rotatable bonds is 7. The maximum atomic E-state index is 2.39. The van der Waals surface area contributed by atoms with Crippen molar-refractivity contribution < 1.29 is 0 Å². The van der Waals surface area contributed by atoms with E-state index in [-0.39, 0.29) is 0 Å². The Kier molecular flexibility index (Phi) is 8.19. The lowest BCUT2D eigenvalue weighted by Crippen LogP contribution is -2.10. The second-order valence-corrected chi connectivity index (χ2v) is 15.0. The molecule has 0 spiro atoms. The van der Waals surface area contributed by atoms with Crippen LogP contribution in [0.4, 0.5) is 17.1 Å². The van der Waals surface area contributed by atoms with E-state index in [0.717, 1.165) is 22.7 Å². The van der Waals surface area contributed by atoms with Gasteiger partial charge in [-0.05, 0) is 128 Å². The van der Waals surface area contributed by atoms with Crippen molar-refractivity contribution in [1.29, 1.82) is 0 Å². The summed E-state index contributed by atoms with van der Waals surface area (Å²) in [5.41, 5.74) is 14.1. The van der Waals surface area contributed by atoms with Gasteiger partial charge in [0.25, 0.3) is 0 Å². The highest BCUT2D eigenvalue weighted by Gasteiger charge is 2.18. The maximum Gasteiger partial charge on any atom is 0.0561 e. The number of hydrogen-bond donors (Lipinski definition) is 0. The molecule has 11 aromatic rings. The van der Waals surface area contributed by atoms with E-state index < -0.39 is 0 Å². The lowest BCUT2D eigenvalue weighted by atomic mass is 9.96. The van der Waals surface area contributed by atoms with E-state index in [9.17, 15) is 0 Å². The molecule has 0 fully saturated rings. The molecule has 0 N–H and O–H groups in total. The van der Waals surface area contributed by atoms with E-state index >= 15 is 0 Å². The number of aromatic nitrogens is 1. The lowest BCUT2D eigenvalue weighted by Gasteiger charge is -2.26. The molecule has 1 aromatic heterocycles. The van der Waals surface area contributed by atoms with Crippen molar-refractivity contribution in [1.82, 2.24) is 4.57 Å². The van der Waals surface area contributed by atoms with Gasteiger partial charge < -0.3 is 9.47 Å². The molecule has 2 heteroatoms. The lowest BCUT2D eigenvalue weighted by molar-refractivity contribution is 1.18. The third kappa shape index (κ3) is 6.00. The number of benzene rings is 10. The van der Waals surface area contributed by atoms with Crippen LogP contribution in [0.15, 0.2) is 231 Å². The molecule has 2 nitrogen and oxygen atoms in total. The largest absolute Gasteiger partial charge is 0.310 e. The van der Waals surface area contributed by atoms with Crippen molar-refractivity contribution in [3.05, 3.63) is 231 Å². The average Bonchev–Trinajstić information content (AvgIpc) is 3.63. The second kappa shape index (κ2) is 14.1. The van der Waals surface area contributed by atoms with Gasteiger partial charge in [-0.25, -0.2) is 0 Å². The molecule has 0 saturated carbocycles. The molecule has 1 heterocycles. The molecule has 0 saturated heterocycles. The summed E-state index contributed by atoms with van der Waals surface area (Å²) in [4.78, 5) is 2.39. The summed E-state index contributed by atoms with van der Waals surface area (Å²) in [6, 6.07) is 83.7. The molecule has 0 bridgehead atoms. The Balaban J connectivity index is 1.01. The quantitative estimate of drug-likeness (QED) is 0.158. The fourth-order valence-electron chi connectivity index (χ4n) is 8.62. The first-order valence-corrected chi connectivity index (χ1v) is 19.9. The fraction of sp³-hybridized carbons (Fsp3) is 0. The van der Waals surface area contributed by atoms with Crippen LogP contribution >= 0.6 is 0 Å². The zero-order chi connectivity index (χ0) is 38.4. The Labute approximate surface area is 338 Å². The summed E-state index contributed by atoms with van der Waals surface area (Å²) in [6.07, 6.45) is 0. The van der Waals surface area contributed by atoms with E-state index in [2.05, 4.69) is 240 Å². The molecular formula is C56H38N2. The van der Waals surface area contributed by atoms with Crippen LogP contribution in [-0.2, 0) is 0 Å². The molecule has 0 aliphatic rings. The SMILES string of the molecule is c1ccc(-c2ccc(N(c3ccc4cc(-c5ccc6cc(-c7ccccc7)ccc6c5)ccc4c3)c3ccc4c5ccccc5n(-c5ccccc5)c4c3)cc2)cc1. The summed E-state index contributed by atoms with van der Waals surface area (Å²) in [7, 11) is 0. The molecule has 10 aromatic carbocycles. The highest BCUT2D eigenvalue weighted by molar-refractivity contribution is 6.10. The normalized spacial score (nSPS) is 11.4. The zero-order valence-corrected chi connectivity index (χ0v) is 31.8. The van der Waals surface area contributed by atoms with Crippen molar-refractivity contribution in [3.8, 4) is 39.1 Å². The van der Waals surface area contributed by atoms with E-state index in [1.807, 2.05) is 0 Å². The Morgan fingerprint density at radius 2 is 0.672 bits per heavy atom. The van der Waals surface area contributed by atoms with E-state index in [1.54, 1.807) is 0 Å². The summed E-state index contributed by atoms with van der Waals surface area (Å²) in [5.74, 6) is 0. The van der Waals surface area contributed by atoms with Crippen molar-refractivity contribution in [2.45, 2.75) is 0 Å². The predicted molar refractivity (Wildman–Crippen MR) is 247 cm³/mol. The van der Waals surface area contributed by atoms with Crippen LogP contribution in [0.2, 0.25) is 0 Å². The third-order valence-corrected chi connectivity index (χ3v) is 11.5. The van der Waals surface area contributed by atoms with Crippen LogP contribution in [0.1, 0.15) is 0 Å². The molecule has 0 aliphatic heterocycles. The van der Waals surface area contributed by atoms with Gasteiger partial charge in [-0.2, -0.15) is 0 Å². The van der Waals surface area contributed by atoms with Gasteiger partial charge in [-0.15, -0.1) is 0 Å². The molecule has 272 valence electrons. The Bertz CT molecular complexity index is 3250. The monoisotopic (exact) mass is 738 g/mol. The van der Waals surface area contributed by atoms with Crippen LogP contribution < -0.4 is 4.90 Å². The van der Waals surface area contributed by atoms with E-state index in [0.29, 0.717) is 0 Å². The number of para-hydroxylation sites is 2. The minimum Gasteiger partial charge on any atom is -0.310 e. The summed E-state index contributed by atoms with van der Waals surface area (Å²) >= 11 is 0. The number of fused-ring (bicyclic) bond motifs is 5. The summed E-state index contributed by atoms with van der Waals surface area (Å²) < 4.78 is 2.39. The van der Waals surface area contributed by atoms with Gasteiger partial charge in [-0.3, -0.25) is 0 Å². The molecule has 58 heavy (non-hydrogen) atoms. The minimum absolute atomic E-state index is 1.10. The van der Waals surface area contributed by atoms with Gasteiger partial charge in [0.1, 0.15) is 0 Å². The molecule has 11 rings (SSSR count). The minimum atomic E-state index is 1.10.